The maximum Gasteiger partial charge on any atom is 0.0106 e. The molecule has 1 nitrogen and oxygen atoms in total. The number of rotatable bonds is 1. The largest absolute Gasteiger partial charge is 0.357 e. The molecule has 0 radical (unpaired) electrons. The summed E-state index contributed by atoms with van der Waals surface area (Å²) in [6.45, 7) is 8.34. The first kappa shape index (κ1) is 8.12. The van der Waals surface area contributed by atoms with E-state index in [2.05, 4.69) is 37.6 Å². The molecule has 0 aromatic carbocycles. The standard InChI is InChI=1S/C10H15N/c1-8(2)10-7-11(4)6-5-9(10)3/h5-8H,3H2,1-2,4H3. The van der Waals surface area contributed by atoms with Gasteiger partial charge in [0.15, 0.2) is 0 Å². The van der Waals surface area contributed by atoms with Gasteiger partial charge in [-0.15, -0.1) is 0 Å². The van der Waals surface area contributed by atoms with E-state index >= 15 is 0 Å². The van der Waals surface area contributed by atoms with Gasteiger partial charge in [0.05, 0.1) is 0 Å². The fourth-order valence-corrected chi connectivity index (χ4v) is 1.17. The summed E-state index contributed by atoms with van der Waals surface area (Å²) in [4.78, 5) is 2.06. The first-order valence-corrected chi connectivity index (χ1v) is 3.92. The molecule has 1 aliphatic heterocycles. The third-order valence-electron chi connectivity index (χ3n) is 1.85. The predicted octanol–water partition coefficient (Wildman–Crippen LogP) is 2.54. The zero-order valence-electron chi connectivity index (χ0n) is 7.46. The molecule has 1 aliphatic rings. The van der Waals surface area contributed by atoms with Crippen LogP contribution in [-0.2, 0) is 0 Å². The normalized spacial score (nSPS) is 17.6. The molecule has 0 saturated heterocycles. The summed E-state index contributed by atoms with van der Waals surface area (Å²) in [6, 6.07) is 0. The molecule has 0 N–H and O–H groups in total. The van der Waals surface area contributed by atoms with Crippen molar-refractivity contribution in [3.8, 4) is 0 Å². The molecule has 60 valence electrons. The third-order valence-corrected chi connectivity index (χ3v) is 1.85. The van der Waals surface area contributed by atoms with E-state index in [1.54, 1.807) is 0 Å². The lowest BCUT2D eigenvalue weighted by Gasteiger charge is -2.20. The van der Waals surface area contributed by atoms with Gasteiger partial charge in [-0.25, -0.2) is 0 Å². The van der Waals surface area contributed by atoms with Crippen LogP contribution in [0.5, 0.6) is 0 Å². The Balaban J connectivity index is 2.85. The Bertz CT molecular complexity index is 221. The fraction of sp³-hybridized carbons (Fsp3) is 0.400. The number of hydrogen-bond donors (Lipinski definition) is 0. The highest BCUT2D eigenvalue weighted by Crippen LogP contribution is 2.22. The van der Waals surface area contributed by atoms with Gasteiger partial charge in [0.25, 0.3) is 0 Å². The van der Waals surface area contributed by atoms with E-state index in [9.17, 15) is 0 Å². The first-order chi connectivity index (χ1) is 5.11. The Morgan fingerprint density at radius 1 is 1.45 bits per heavy atom. The van der Waals surface area contributed by atoms with Gasteiger partial charge < -0.3 is 4.90 Å². The lowest BCUT2D eigenvalue weighted by atomic mass is 9.96. The van der Waals surface area contributed by atoms with Crippen LogP contribution in [-0.4, -0.2) is 11.9 Å². The number of nitrogens with zero attached hydrogens (tertiary/aromatic N) is 1. The summed E-state index contributed by atoms with van der Waals surface area (Å²) >= 11 is 0. The first-order valence-electron chi connectivity index (χ1n) is 3.92. The third kappa shape index (κ3) is 1.73. The highest BCUT2D eigenvalue weighted by molar-refractivity contribution is 5.40. The van der Waals surface area contributed by atoms with Gasteiger partial charge in [0.1, 0.15) is 0 Å². The molecule has 0 spiro atoms. The smallest absolute Gasteiger partial charge is 0.0106 e. The molecule has 0 unspecified atom stereocenters. The molecule has 0 aromatic rings. The summed E-state index contributed by atoms with van der Waals surface area (Å²) in [7, 11) is 2.03. The number of hydrogen-bond acceptors (Lipinski definition) is 1. The van der Waals surface area contributed by atoms with E-state index in [0.717, 1.165) is 5.57 Å². The van der Waals surface area contributed by atoms with Crippen molar-refractivity contribution in [1.29, 1.82) is 0 Å². The van der Waals surface area contributed by atoms with Crippen LogP contribution in [0.25, 0.3) is 0 Å². The monoisotopic (exact) mass is 149 g/mol. The van der Waals surface area contributed by atoms with E-state index in [1.807, 2.05) is 13.2 Å². The van der Waals surface area contributed by atoms with Gasteiger partial charge in [-0.1, -0.05) is 20.4 Å². The molecule has 0 amide bonds. The quantitative estimate of drug-likeness (QED) is 0.553. The van der Waals surface area contributed by atoms with Crippen molar-refractivity contribution in [2.45, 2.75) is 13.8 Å². The molecule has 0 atom stereocenters. The predicted molar refractivity (Wildman–Crippen MR) is 49.0 cm³/mol. The van der Waals surface area contributed by atoms with Crippen molar-refractivity contribution in [3.63, 3.8) is 0 Å². The zero-order valence-corrected chi connectivity index (χ0v) is 7.46. The van der Waals surface area contributed by atoms with Gasteiger partial charge in [0.2, 0.25) is 0 Å². The molecule has 11 heavy (non-hydrogen) atoms. The van der Waals surface area contributed by atoms with E-state index in [0.29, 0.717) is 5.92 Å². The maximum absolute atomic E-state index is 3.97. The summed E-state index contributed by atoms with van der Waals surface area (Å²) in [5, 5.41) is 0. The Morgan fingerprint density at radius 2 is 2.09 bits per heavy atom. The Labute approximate surface area is 68.7 Å². The minimum absolute atomic E-state index is 0.565. The molecule has 0 saturated carbocycles. The van der Waals surface area contributed by atoms with Gasteiger partial charge in [-0.3, -0.25) is 0 Å². The van der Waals surface area contributed by atoms with Gasteiger partial charge >= 0.3 is 0 Å². The number of allylic oxidation sites excluding steroid dienone is 3. The molecular weight excluding hydrogens is 134 g/mol. The van der Waals surface area contributed by atoms with E-state index in [-0.39, 0.29) is 0 Å². The van der Waals surface area contributed by atoms with E-state index in [1.165, 1.54) is 5.57 Å². The van der Waals surface area contributed by atoms with Crippen LogP contribution in [0.3, 0.4) is 0 Å². The van der Waals surface area contributed by atoms with Crippen molar-refractivity contribution in [1.82, 2.24) is 4.90 Å². The molecule has 0 aromatic heterocycles. The minimum atomic E-state index is 0.565. The average molecular weight is 149 g/mol. The Kier molecular flexibility index (Phi) is 2.18. The lowest BCUT2D eigenvalue weighted by molar-refractivity contribution is 0.594. The van der Waals surface area contributed by atoms with Crippen LogP contribution < -0.4 is 0 Å². The molecule has 1 heterocycles. The second-order valence-corrected chi connectivity index (χ2v) is 3.25. The summed E-state index contributed by atoms with van der Waals surface area (Å²) in [6.07, 6.45) is 6.20. The molecule has 1 rings (SSSR count). The molecule has 0 bridgehead atoms. The second-order valence-electron chi connectivity index (χ2n) is 3.25. The highest BCUT2D eigenvalue weighted by Gasteiger charge is 2.08. The average Bonchev–Trinajstić information content (AvgIpc) is 1.94. The minimum Gasteiger partial charge on any atom is -0.357 e. The van der Waals surface area contributed by atoms with E-state index in [4.69, 9.17) is 0 Å². The van der Waals surface area contributed by atoms with Crippen LogP contribution in [0.2, 0.25) is 0 Å². The van der Waals surface area contributed by atoms with Crippen LogP contribution in [0.15, 0.2) is 36.2 Å². The molecule has 0 aliphatic carbocycles. The van der Waals surface area contributed by atoms with Crippen LogP contribution >= 0.6 is 0 Å². The lowest BCUT2D eigenvalue weighted by Crippen LogP contribution is -2.10. The van der Waals surface area contributed by atoms with Gasteiger partial charge in [0, 0.05) is 19.4 Å². The maximum atomic E-state index is 3.97. The van der Waals surface area contributed by atoms with Crippen molar-refractivity contribution < 1.29 is 0 Å². The van der Waals surface area contributed by atoms with Crippen LogP contribution in [0.4, 0.5) is 0 Å². The van der Waals surface area contributed by atoms with Crippen molar-refractivity contribution in [2.75, 3.05) is 7.05 Å². The van der Waals surface area contributed by atoms with E-state index < -0.39 is 0 Å². The molecular formula is C10H15N. The summed E-state index contributed by atoms with van der Waals surface area (Å²) < 4.78 is 0. The highest BCUT2D eigenvalue weighted by atomic mass is 15.1. The Morgan fingerprint density at radius 3 is 2.55 bits per heavy atom. The van der Waals surface area contributed by atoms with Crippen LogP contribution in [0.1, 0.15) is 13.8 Å². The summed E-state index contributed by atoms with van der Waals surface area (Å²) in [5.74, 6) is 0.565. The zero-order chi connectivity index (χ0) is 8.43. The molecule has 0 fully saturated rings. The van der Waals surface area contributed by atoms with Gasteiger partial charge in [-0.05, 0) is 23.1 Å². The van der Waals surface area contributed by atoms with Crippen molar-refractivity contribution in [3.05, 3.63) is 36.2 Å². The fourth-order valence-electron chi connectivity index (χ4n) is 1.17. The van der Waals surface area contributed by atoms with Gasteiger partial charge in [-0.2, -0.15) is 0 Å². The van der Waals surface area contributed by atoms with Crippen LogP contribution in [0, 0.1) is 5.92 Å². The molecule has 1 heteroatoms. The topological polar surface area (TPSA) is 3.24 Å². The summed E-state index contributed by atoms with van der Waals surface area (Å²) in [5.41, 5.74) is 2.47. The second kappa shape index (κ2) is 2.95. The SMILES string of the molecule is C=C1C=CN(C)C=C1C(C)C. The van der Waals surface area contributed by atoms with Crippen molar-refractivity contribution in [2.24, 2.45) is 5.92 Å². The van der Waals surface area contributed by atoms with Crippen molar-refractivity contribution >= 4 is 0 Å². The Hall–Kier alpha value is -0.980.